The zero-order valence-electron chi connectivity index (χ0n) is 18.5. The number of hydrogen-bond donors (Lipinski definition) is 1. The van der Waals surface area contributed by atoms with E-state index in [0.717, 1.165) is 10.8 Å². The number of aromatic hydroxyl groups is 1. The molecular weight excluding hydrogens is 460 g/mol. The Morgan fingerprint density at radius 2 is 1.65 bits per heavy atom. The minimum absolute atomic E-state index is 0.113. The molecule has 0 aromatic heterocycles. The van der Waals surface area contributed by atoms with E-state index in [0.29, 0.717) is 5.75 Å². The van der Waals surface area contributed by atoms with E-state index >= 15 is 0 Å². The third-order valence-electron chi connectivity index (χ3n) is 5.70. The normalized spacial score (nSPS) is 14.7. The molecule has 34 heavy (non-hydrogen) atoms. The third kappa shape index (κ3) is 4.82. The van der Waals surface area contributed by atoms with Crippen LogP contribution in [-0.2, 0) is 19.6 Å². The van der Waals surface area contributed by atoms with Crippen molar-refractivity contribution in [3.8, 4) is 11.5 Å². The van der Waals surface area contributed by atoms with Crippen LogP contribution in [0.25, 0.3) is 10.8 Å². The number of carbonyl (C=O) groups is 2. The summed E-state index contributed by atoms with van der Waals surface area (Å²) in [6.07, 6.45) is 0. The molecule has 9 nitrogen and oxygen atoms in total. The topological polar surface area (TPSA) is 113 Å². The fourth-order valence-electron chi connectivity index (χ4n) is 3.76. The lowest BCUT2D eigenvalue weighted by atomic mass is 10.1. The highest BCUT2D eigenvalue weighted by atomic mass is 32.2. The molecule has 0 spiro atoms. The van der Waals surface area contributed by atoms with E-state index in [-0.39, 0.29) is 42.4 Å². The van der Waals surface area contributed by atoms with E-state index in [1.807, 2.05) is 24.3 Å². The van der Waals surface area contributed by atoms with Crippen molar-refractivity contribution in [2.24, 2.45) is 0 Å². The molecule has 0 bridgehead atoms. The van der Waals surface area contributed by atoms with E-state index < -0.39 is 28.5 Å². The van der Waals surface area contributed by atoms with Gasteiger partial charge in [0.25, 0.3) is 5.91 Å². The minimum Gasteiger partial charge on any atom is -0.507 e. The molecule has 178 valence electrons. The zero-order chi connectivity index (χ0) is 24.3. The van der Waals surface area contributed by atoms with Crippen molar-refractivity contribution < 1.29 is 32.6 Å². The fourth-order valence-corrected chi connectivity index (χ4v) is 5.21. The van der Waals surface area contributed by atoms with Crippen LogP contribution in [0.3, 0.4) is 0 Å². The van der Waals surface area contributed by atoms with Gasteiger partial charge < -0.3 is 19.5 Å². The number of sulfonamides is 1. The number of phenolic OH excluding ortho intramolecular Hbond substituents is 1. The molecule has 3 aromatic carbocycles. The van der Waals surface area contributed by atoms with Crippen LogP contribution in [0.2, 0.25) is 0 Å². The second-order valence-corrected chi connectivity index (χ2v) is 9.69. The molecule has 10 heteroatoms. The van der Waals surface area contributed by atoms with Crippen LogP contribution >= 0.6 is 0 Å². The number of ether oxygens (including phenoxy) is 2. The van der Waals surface area contributed by atoms with Gasteiger partial charge in [0, 0.05) is 26.2 Å². The largest absolute Gasteiger partial charge is 0.507 e. The predicted octanol–water partition coefficient (Wildman–Crippen LogP) is 2.24. The van der Waals surface area contributed by atoms with Gasteiger partial charge in [-0.25, -0.2) is 13.2 Å². The summed E-state index contributed by atoms with van der Waals surface area (Å²) in [6, 6.07) is 16.6. The molecular formula is C24H24N2O7S. The summed E-state index contributed by atoms with van der Waals surface area (Å²) in [4.78, 5) is 26.4. The van der Waals surface area contributed by atoms with Crippen molar-refractivity contribution in [1.82, 2.24) is 9.21 Å². The molecule has 1 aliphatic heterocycles. The van der Waals surface area contributed by atoms with Gasteiger partial charge in [-0.1, -0.05) is 30.3 Å². The smallest absolute Gasteiger partial charge is 0.342 e. The van der Waals surface area contributed by atoms with Gasteiger partial charge in [0.2, 0.25) is 10.0 Å². The summed E-state index contributed by atoms with van der Waals surface area (Å²) in [5.74, 6) is -1.23. The number of methoxy groups -OCH3 is 1. The second kappa shape index (κ2) is 9.70. The minimum atomic E-state index is -3.71. The molecule has 1 fully saturated rings. The SMILES string of the molecule is COc1ccc(O)c(C(=O)OCC(=O)N2CCN(S(=O)(=O)c3ccc4ccccc4c3)CC2)c1. The first-order valence-electron chi connectivity index (χ1n) is 10.6. The number of nitrogens with zero attached hydrogens (tertiary/aromatic N) is 2. The molecule has 0 atom stereocenters. The molecule has 3 aromatic rings. The molecule has 0 radical (unpaired) electrons. The van der Waals surface area contributed by atoms with E-state index in [1.54, 1.807) is 18.2 Å². The van der Waals surface area contributed by atoms with Crippen LogP contribution in [0.4, 0.5) is 0 Å². The molecule has 0 saturated carbocycles. The fraction of sp³-hybridized carbons (Fsp3) is 0.250. The van der Waals surface area contributed by atoms with Crippen LogP contribution < -0.4 is 4.74 Å². The Hall–Kier alpha value is -3.63. The number of rotatable bonds is 6. The summed E-state index contributed by atoms with van der Waals surface area (Å²) < 4.78 is 37.6. The van der Waals surface area contributed by atoms with Gasteiger partial charge in [-0.2, -0.15) is 4.31 Å². The van der Waals surface area contributed by atoms with Crippen molar-refractivity contribution in [3.05, 3.63) is 66.2 Å². The van der Waals surface area contributed by atoms with Crippen LogP contribution in [0, 0.1) is 0 Å². The number of fused-ring (bicyclic) bond motifs is 1. The van der Waals surface area contributed by atoms with Crippen molar-refractivity contribution in [2.75, 3.05) is 39.9 Å². The van der Waals surface area contributed by atoms with Gasteiger partial charge >= 0.3 is 5.97 Å². The van der Waals surface area contributed by atoms with Gasteiger partial charge in [-0.3, -0.25) is 4.79 Å². The van der Waals surface area contributed by atoms with Gasteiger partial charge in [-0.15, -0.1) is 0 Å². The van der Waals surface area contributed by atoms with Crippen LogP contribution in [0.15, 0.2) is 65.6 Å². The Morgan fingerprint density at radius 3 is 2.35 bits per heavy atom. The first-order chi connectivity index (χ1) is 16.3. The van der Waals surface area contributed by atoms with Crippen molar-refractivity contribution in [2.45, 2.75) is 4.90 Å². The summed E-state index contributed by atoms with van der Waals surface area (Å²) in [5.41, 5.74) is -0.113. The van der Waals surface area contributed by atoms with Crippen molar-refractivity contribution in [3.63, 3.8) is 0 Å². The zero-order valence-corrected chi connectivity index (χ0v) is 19.3. The average molecular weight is 485 g/mol. The Balaban J connectivity index is 1.34. The van der Waals surface area contributed by atoms with Crippen molar-refractivity contribution >= 4 is 32.7 Å². The number of carbonyl (C=O) groups excluding carboxylic acids is 2. The summed E-state index contributed by atoms with van der Waals surface area (Å²) in [6.45, 7) is 0.0884. The van der Waals surface area contributed by atoms with Gasteiger partial charge in [0.1, 0.15) is 17.1 Å². The summed E-state index contributed by atoms with van der Waals surface area (Å²) in [7, 11) is -2.28. The average Bonchev–Trinajstić information content (AvgIpc) is 2.87. The summed E-state index contributed by atoms with van der Waals surface area (Å²) in [5, 5.41) is 11.6. The number of phenols is 1. The number of piperazine rings is 1. The number of amides is 1. The Kier molecular flexibility index (Phi) is 6.71. The maximum atomic E-state index is 13.1. The monoisotopic (exact) mass is 484 g/mol. The molecule has 1 heterocycles. The molecule has 1 aliphatic rings. The molecule has 1 saturated heterocycles. The number of benzene rings is 3. The molecule has 4 rings (SSSR count). The first kappa shape index (κ1) is 23.5. The van der Waals surface area contributed by atoms with Gasteiger partial charge in [0.15, 0.2) is 6.61 Å². The lowest BCUT2D eigenvalue weighted by Gasteiger charge is -2.33. The third-order valence-corrected chi connectivity index (χ3v) is 7.60. The second-order valence-electron chi connectivity index (χ2n) is 7.75. The standard InChI is InChI=1S/C24H24N2O7S/c1-32-19-7-9-22(27)21(15-19)24(29)33-16-23(28)25-10-12-26(13-11-25)34(30,31)20-8-6-17-4-2-3-5-18(17)14-20/h2-9,14-15,27H,10-13,16H2,1H3. The molecule has 0 unspecified atom stereocenters. The predicted molar refractivity (Wildman–Crippen MR) is 124 cm³/mol. The highest BCUT2D eigenvalue weighted by Gasteiger charge is 2.30. The maximum Gasteiger partial charge on any atom is 0.342 e. The molecule has 0 aliphatic carbocycles. The first-order valence-corrected chi connectivity index (χ1v) is 12.0. The Labute approximate surface area is 197 Å². The molecule has 1 N–H and O–H groups in total. The van der Waals surface area contributed by atoms with Crippen LogP contribution in [-0.4, -0.2) is 74.5 Å². The van der Waals surface area contributed by atoms with E-state index in [2.05, 4.69) is 0 Å². The number of esters is 1. The van der Waals surface area contributed by atoms with E-state index in [4.69, 9.17) is 9.47 Å². The highest BCUT2D eigenvalue weighted by Crippen LogP contribution is 2.24. The molecule has 1 amide bonds. The van der Waals surface area contributed by atoms with E-state index in [9.17, 15) is 23.1 Å². The Bertz CT molecular complexity index is 1330. The number of hydrogen-bond acceptors (Lipinski definition) is 7. The lowest BCUT2D eigenvalue weighted by molar-refractivity contribution is -0.135. The lowest BCUT2D eigenvalue weighted by Crippen LogP contribution is -2.51. The quantitative estimate of drug-likeness (QED) is 0.534. The Morgan fingerprint density at radius 1 is 0.941 bits per heavy atom. The maximum absolute atomic E-state index is 13.1. The van der Waals surface area contributed by atoms with Crippen molar-refractivity contribution in [1.29, 1.82) is 0 Å². The van der Waals surface area contributed by atoms with Crippen LogP contribution in [0.5, 0.6) is 11.5 Å². The highest BCUT2D eigenvalue weighted by molar-refractivity contribution is 7.89. The van der Waals surface area contributed by atoms with Gasteiger partial charge in [-0.05, 0) is 41.1 Å². The van der Waals surface area contributed by atoms with Gasteiger partial charge in [0.05, 0.1) is 12.0 Å². The summed E-state index contributed by atoms with van der Waals surface area (Å²) >= 11 is 0. The van der Waals surface area contributed by atoms with E-state index in [1.165, 1.54) is 34.5 Å². The van der Waals surface area contributed by atoms with Crippen LogP contribution in [0.1, 0.15) is 10.4 Å².